The molecule has 0 saturated heterocycles. The van der Waals surface area contributed by atoms with Crippen molar-refractivity contribution in [3.63, 3.8) is 0 Å². The highest BCUT2D eigenvalue weighted by Crippen LogP contribution is 2.13. The summed E-state index contributed by atoms with van der Waals surface area (Å²) in [7, 11) is 0. The van der Waals surface area contributed by atoms with E-state index >= 15 is 0 Å². The molecule has 0 bridgehead atoms. The van der Waals surface area contributed by atoms with Gasteiger partial charge in [0.15, 0.2) is 0 Å². The van der Waals surface area contributed by atoms with E-state index in [-0.39, 0.29) is 0 Å². The number of primary amides is 1. The van der Waals surface area contributed by atoms with Crippen LogP contribution in [0.4, 0.5) is 5.69 Å². The van der Waals surface area contributed by atoms with Crippen molar-refractivity contribution in [3.8, 4) is 0 Å². The Morgan fingerprint density at radius 3 is 2.88 bits per heavy atom. The molecule has 0 radical (unpaired) electrons. The number of hydrogen-bond acceptors (Lipinski definition) is 3. The molecule has 16 heavy (non-hydrogen) atoms. The van der Waals surface area contributed by atoms with Crippen LogP contribution in [0.15, 0.2) is 18.3 Å². The first kappa shape index (κ1) is 12.5. The lowest BCUT2D eigenvalue weighted by Crippen LogP contribution is -2.19. The normalized spacial score (nSPS) is 12.1. The van der Waals surface area contributed by atoms with E-state index in [2.05, 4.69) is 24.1 Å². The van der Waals surface area contributed by atoms with E-state index in [0.29, 0.717) is 11.7 Å². The highest BCUT2D eigenvalue weighted by atomic mass is 16.1. The van der Waals surface area contributed by atoms with Gasteiger partial charge in [0.1, 0.15) is 5.69 Å². The van der Waals surface area contributed by atoms with E-state index in [1.807, 2.05) is 6.07 Å². The monoisotopic (exact) mass is 221 g/mol. The molecule has 0 aliphatic rings. The summed E-state index contributed by atoms with van der Waals surface area (Å²) in [4.78, 5) is 14.9. The summed E-state index contributed by atoms with van der Waals surface area (Å²) in [5.74, 6) is -0.493. The van der Waals surface area contributed by atoms with Crippen molar-refractivity contribution < 1.29 is 4.79 Å². The van der Waals surface area contributed by atoms with Gasteiger partial charge in [-0.1, -0.05) is 20.3 Å². The zero-order valence-corrected chi connectivity index (χ0v) is 9.86. The summed E-state index contributed by atoms with van der Waals surface area (Å²) in [5, 5.41) is 3.38. The van der Waals surface area contributed by atoms with E-state index in [9.17, 15) is 4.79 Å². The molecule has 1 amide bonds. The molecule has 3 N–H and O–H groups in total. The highest BCUT2D eigenvalue weighted by molar-refractivity contribution is 5.91. The van der Waals surface area contributed by atoms with Crippen molar-refractivity contribution in [1.29, 1.82) is 0 Å². The van der Waals surface area contributed by atoms with Crippen molar-refractivity contribution in [3.05, 3.63) is 24.0 Å². The standard InChI is InChI=1S/C12H19N3O/c1-3-5-9(4-2)15-10-6-7-14-11(8-10)12(13)16/h6-9H,3-5H2,1-2H3,(H2,13,16)(H,14,15). The Labute approximate surface area is 96.3 Å². The Kier molecular flexibility index (Phi) is 4.76. The summed E-state index contributed by atoms with van der Waals surface area (Å²) < 4.78 is 0. The van der Waals surface area contributed by atoms with Gasteiger partial charge >= 0.3 is 0 Å². The first-order valence-corrected chi connectivity index (χ1v) is 5.69. The Morgan fingerprint density at radius 1 is 1.56 bits per heavy atom. The minimum atomic E-state index is -0.493. The number of anilines is 1. The lowest BCUT2D eigenvalue weighted by molar-refractivity contribution is 0.0995. The molecule has 0 aromatic carbocycles. The fraction of sp³-hybridized carbons (Fsp3) is 0.500. The van der Waals surface area contributed by atoms with Gasteiger partial charge < -0.3 is 11.1 Å². The fourth-order valence-electron chi connectivity index (χ4n) is 1.62. The quantitative estimate of drug-likeness (QED) is 0.773. The first-order chi connectivity index (χ1) is 7.67. The number of nitrogens with zero attached hydrogens (tertiary/aromatic N) is 1. The second-order valence-electron chi connectivity index (χ2n) is 3.83. The third kappa shape index (κ3) is 3.53. The van der Waals surface area contributed by atoms with Crippen LogP contribution in [0, 0.1) is 0 Å². The summed E-state index contributed by atoms with van der Waals surface area (Å²) >= 11 is 0. The summed E-state index contributed by atoms with van der Waals surface area (Å²) in [6, 6.07) is 3.99. The average Bonchev–Trinajstić information content (AvgIpc) is 2.29. The predicted molar refractivity (Wildman–Crippen MR) is 65.4 cm³/mol. The van der Waals surface area contributed by atoms with Gasteiger partial charge in [-0.05, 0) is 25.0 Å². The highest BCUT2D eigenvalue weighted by Gasteiger charge is 2.07. The molecule has 1 aromatic rings. The maximum Gasteiger partial charge on any atom is 0.267 e. The number of aromatic nitrogens is 1. The van der Waals surface area contributed by atoms with Gasteiger partial charge in [-0.3, -0.25) is 9.78 Å². The molecule has 0 saturated carbocycles. The second-order valence-corrected chi connectivity index (χ2v) is 3.83. The molecule has 1 aromatic heterocycles. The Morgan fingerprint density at radius 2 is 2.31 bits per heavy atom. The van der Waals surface area contributed by atoms with Crippen LogP contribution in [0.1, 0.15) is 43.6 Å². The second kappa shape index (κ2) is 6.10. The van der Waals surface area contributed by atoms with Crippen LogP contribution in [0.2, 0.25) is 0 Å². The average molecular weight is 221 g/mol. The smallest absolute Gasteiger partial charge is 0.267 e. The van der Waals surface area contributed by atoms with Crippen molar-refractivity contribution in [1.82, 2.24) is 4.98 Å². The van der Waals surface area contributed by atoms with Crippen molar-refractivity contribution in [2.24, 2.45) is 5.73 Å². The van der Waals surface area contributed by atoms with Crippen LogP contribution in [0.3, 0.4) is 0 Å². The number of rotatable bonds is 6. The van der Waals surface area contributed by atoms with Crippen LogP contribution < -0.4 is 11.1 Å². The number of hydrogen-bond donors (Lipinski definition) is 2. The summed E-state index contributed by atoms with van der Waals surface area (Å²) in [5.41, 5.74) is 6.38. The van der Waals surface area contributed by atoms with E-state index in [0.717, 1.165) is 24.9 Å². The number of amides is 1. The van der Waals surface area contributed by atoms with E-state index < -0.39 is 5.91 Å². The molecule has 1 atom stereocenters. The van der Waals surface area contributed by atoms with E-state index in [1.165, 1.54) is 0 Å². The summed E-state index contributed by atoms with van der Waals surface area (Å²) in [6.45, 7) is 4.30. The lowest BCUT2D eigenvalue weighted by Gasteiger charge is -2.17. The van der Waals surface area contributed by atoms with Crippen molar-refractivity contribution in [2.75, 3.05) is 5.32 Å². The number of pyridine rings is 1. The predicted octanol–water partition coefficient (Wildman–Crippen LogP) is 2.17. The molecule has 0 aliphatic carbocycles. The number of nitrogens with two attached hydrogens (primary N) is 1. The lowest BCUT2D eigenvalue weighted by atomic mass is 10.1. The molecule has 4 heteroatoms. The molecule has 0 spiro atoms. The Balaban J connectivity index is 2.72. The van der Waals surface area contributed by atoms with Crippen LogP contribution in [0.5, 0.6) is 0 Å². The molecule has 1 unspecified atom stereocenters. The molecule has 88 valence electrons. The molecule has 1 rings (SSSR count). The van der Waals surface area contributed by atoms with Gasteiger partial charge in [0.05, 0.1) is 0 Å². The van der Waals surface area contributed by atoms with Crippen LogP contribution in [-0.4, -0.2) is 16.9 Å². The minimum Gasteiger partial charge on any atom is -0.382 e. The van der Waals surface area contributed by atoms with Gasteiger partial charge in [-0.2, -0.15) is 0 Å². The molecule has 1 heterocycles. The van der Waals surface area contributed by atoms with Gasteiger partial charge in [0.2, 0.25) is 0 Å². The summed E-state index contributed by atoms with van der Waals surface area (Å²) in [6.07, 6.45) is 4.91. The third-order valence-electron chi connectivity index (χ3n) is 2.51. The van der Waals surface area contributed by atoms with E-state index in [1.54, 1.807) is 12.3 Å². The number of carbonyl (C=O) groups excluding carboxylic acids is 1. The molecular formula is C12H19N3O. The van der Waals surface area contributed by atoms with Crippen LogP contribution in [-0.2, 0) is 0 Å². The fourth-order valence-corrected chi connectivity index (χ4v) is 1.62. The number of carbonyl (C=O) groups is 1. The maximum absolute atomic E-state index is 11.0. The minimum absolute atomic E-state index is 0.302. The van der Waals surface area contributed by atoms with Crippen molar-refractivity contribution in [2.45, 2.75) is 39.2 Å². The van der Waals surface area contributed by atoms with E-state index in [4.69, 9.17) is 5.73 Å². The van der Waals surface area contributed by atoms with Gasteiger partial charge in [-0.25, -0.2) is 0 Å². The van der Waals surface area contributed by atoms with Crippen LogP contribution >= 0.6 is 0 Å². The molecule has 0 fully saturated rings. The Hall–Kier alpha value is -1.58. The molecule has 0 aliphatic heterocycles. The topological polar surface area (TPSA) is 68.0 Å². The number of nitrogens with one attached hydrogen (secondary N) is 1. The molecule has 4 nitrogen and oxygen atoms in total. The molecular weight excluding hydrogens is 202 g/mol. The zero-order valence-electron chi connectivity index (χ0n) is 9.86. The third-order valence-corrected chi connectivity index (χ3v) is 2.51. The SMILES string of the molecule is CCCC(CC)Nc1ccnc(C(N)=O)c1. The van der Waals surface area contributed by atoms with Gasteiger partial charge in [-0.15, -0.1) is 0 Å². The zero-order chi connectivity index (χ0) is 12.0. The first-order valence-electron chi connectivity index (χ1n) is 5.69. The Bertz CT molecular complexity index is 352. The largest absolute Gasteiger partial charge is 0.382 e. The van der Waals surface area contributed by atoms with Gasteiger partial charge in [0, 0.05) is 17.9 Å². The van der Waals surface area contributed by atoms with Gasteiger partial charge in [0.25, 0.3) is 5.91 Å². The maximum atomic E-state index is 11.0. The van der Waals surface area contributed by atoms with Crippen LogP contribution in [0.25, 0.3) is 0 Å². The van der Waals surface area contributed by atoms with Crippen molar-refractivity contribution >= 4 is 11.6 Å².